The zero-order valence-electron chi connectivity index (χ0n) is 14.9. The summed E-state index contributed by atoms with van der Waals surface area (Å²) in [4.78, 5) is 26.4. The summed E-state index contributed by atoms with van der Waals surface area (Å²) in [6, 6.07) is 5.70. The molecule has 0 radical (unpaired) electrons. The molecule has 0 bridgehead atoms. The van der Waals surface area contributed by atoms with Gasteiger partial charge in [0.15, 0.2) is 20.4 Å². The van der Waals surface area contributed by atoms with Gasteiger partial charge in [-0.3, -0.25) is 9.59 Å². The Hall–Kier alpha value is -1.69. The summed E-state index contributed by atoms with van der Waals surface area (Å²) < 4.78 is 23.5. The number of amides is 1. The van der Waals surface area contributed by atoms with Crippen LogP contribution in [0.25, 0.3) is 0 Å². The van der Waals surface area contributed by atoms with Crippen molar-refractivity contribution >= 4 is 21.5 Å². The highest BCUT2D eigenvalue weighted by Gasteiger charge is 2.51. The molecule has 1 aliphatic carbocycles. The molecule has 6 heteroatoms. The Bertz CT molecular complexity index is 807. The monoisotopic (exact) mass is 363 g/mol. The number of benzene rings is 1. The Morgan fingerprint density at radius 1 is 1.04 bits per heavy atom. The van der Waals surface area contributed by atoms with E-state index in [-0.39, 0.29) is 11.7 Å². The van der Waals surface area contributed by atoms with Gasteiger partial charge >= 0.3 is 0 Å². The van der Waals surface area contributed by atoms with Gasteiger partial charge in [0.05, 0.1) is 0 Å². The highest BCUT2D eigenvalue weighted by molar-refractivity contribution is 7.92. The molecule has 0 aromatic heterocycles. The highest BCUT2D eigenvalue weighted by Crippen LogP contribution is 2.38. The summed E-state index contributed by atoms with van der Waals surface area (Å²) in [6.07, 6.45) is 4.98. The van der Waals surface area contributed by atoms with Crippen molar-refractivity contribution in [3.8, 4) is 0 Å². The van der Waals surface area contributed by atoms with E-state index < -0.39 is 14.6 Å². The second kappa shape index (κ2) is 6.56. The van der Waals surface area contributed by atoms with Crippen molar-refractivity contribution in [1.82, 2.24) is 4.90 Å². The van der Waals surface area contributed by atoms with Gasteiger partial charge in [0.25, 0.3) is 0 Å². The Morgan fingerprint density at radius 2 is 1.64 bits per heavy atom. The lowest BCUT2D eigenvalue weighted by molar-refractivity contribution is -0.133. The van der Waals surface area contributed by atoms with Crippen molar-refractivity contribution < 1.29 is 18.0 Å². The molecule has 1 aliphatic heterocycles. The smallest absolute Gasteiger partial charge is 0.244 e. The first kappa shape index (κ1) is 18.1. The molecule has 0 atom stereocenters. The van der Waals surface area contributed by atoms with Crippen LogP contribution in [-0.2, 0) is 27.5 Å². The quantitative estimate of drug-likeness (QED) is 0.772. The number of carbonyl (C=O) groups excluding carboxylic acids is 2. The van der Waals surface area contributed by atoms with Crippen LogP contribution in [0.1, 0.15) is 54.1 Å². The third-order valence-corrected chi connectivity index (χ3v) is 7.72. The minimum absolute atomic E-state index is 0.0296. The van der Waals surface area contributed by atoms with Crippen LogP contribution in [-0.4, -0.2) is 49.1 Å². The maximum atomic E-state index is 13.1. The molecule has 1 saturated carbocycles. The van der Waals surface area contributed by atoms with Crippen LogP contribution in [0.5, 0.6) is 0 Å². The van der Waals surface area contributed by atoms with Crippen LogP contribution in [0, 0.1) is 0 Å². The molecule has 0 spiro atoms. The minimum Gasteiger partial charge on any atom is -0.341 e. The molecule has 0 saturated heterocycles. The van der Waals surface area contributed by atoms with Gasteiger partial charge in [-0.25, -0.2) is 8.42 Å². The lowest BCUT2D eigenvalue weighted by atomic mass is 9.99. The second-order valence-corrected chi connectivity index (χ2v) is 9.63. The normalized spacial score (nSPS) is 20.0. The summed E-state index contributed by atoms with van der Waals surface area (Å²) in [6.45, 7) is 2.58. The maximum absolute atomic E-state index is 13.1. The van der Waals surface area contributed by atoms with Gasteiger partial charge in [0.1, 0.15) is 0 Å². The lowest BCUT2D eigenvalue weighted by Gasteiger charge is -2.32. The molecule has 5 nitrogen and oxygen atoms in total. The van der Waals surface area contributed by atoms with E-state index in [0.29, 0.717) is 44.3 Å². The topological polar surface area (TPSA) is 71.5 Å². The van der Waals surface area contributed by atoms with Gasteiger partial charge in [0, 0.05) is 24.9 Å². The Kier molecular flexibility index (Phi) is 4.75. The lowest BCUT2D eigenvalue weighted by Crippen LogP contribution is -2.52. The molecular weight excluding hydrogens is 338 g/mol. The number of hydrogen-bond donors (Lipinski definition) is 0. The fourth-order valence-electron chi connectivity index (χ4n) is 4.12. The molecule has 1 aromatic rings. The number of ketones is 1. The molecule has 1 aromatic carbocycles. The molecule has 25 heavy (non-hydrogen) atoms. The van der Waals surface area contributed by atoms with E-state index in [1.165, 1.54) is 6.26 Å². The largest absolute Gasteiger partial charge is 0.341 e. The third kappa shape index (κ3) is 3.24. The molecule has 1 heterocycles. The van der Waals surface area contributed by atoms with E-state index in [9.17, 15) is 18.0 Å². The molecule has 1 amide bonds. The van der Waals surface area contributed by atoms with Gasteiger partial charge in [-0.05, 0) is 49.8 Å². The van der Waals surface area contributed by atoms with Crippen LogP contribution in [0.15, 0.2) is 18.2 Å². The SMILES string of the molecule is CC(=O)c1ccc2c(c1)CCN(C(=O)C1(S(C)(=O)=O)CCCC1)CC2. The molecule has 2 aliphatic rings. The number of carbonyl (C=O) groups is 2. The van der Waals surface area contributed by atoms with E-state index in [0.717, 1.165) is 24.0 Å². The Balaban J connectivity index is 1.84. The van der Waals surface area contributed by atoms with Crippen LogP contribution in [0.3, 0.4) is 0 Å². The molecule has 3 rings (SSSR count). The van der Waals surface area contributed by atoms with Gasteiger partial charge in [-0.1, -0.05) is 25.0 Å². The zero-order chi connectivity index (χ0) is 18.2. The number of sulfone groups is 1. The van der Waals surface area contributed by atoms with Gasteiger partial charge in [-0.15, -0.1) is 0 Å². The highest BCUT2D eigenvalue weighted by atomic mass is 32.2. The number of rotatable bonds is 3. The van der Waals surface area contributed by atoms with Gasteiger partial charge < -0.3 is 4.90 Å². The van der Waals surface area contributed by atoms with Gasteiger partial charge in [-0.2, -0.15) is 0 Å². The summed E-state index contributed by atoms with van der Waals surface area (Å²) in [5.74, 6) is -0.200. The number of fused-ring (bicyclic) bond motifs is 1. The van der Waals surface area contributed by atoms with Crippen LogP contribution >= 0.6 is 0 Å². The molecule has 1 fully saturated rings. The summed E-state index contributed by atoms with van der Waals surface area (Å²) in [5, 5.41) is 0. The summed E-state index contributed by atoms with van der Waals surface area (Å²) >= 11 is 0. The van der Waals surface area contributed by atoms with Crippen LogP contribution < -0.4 is 0 Å². The average molecular weight is 363 g/mol. The van der Waals surface area contributed by atoms with Crippen molar-refractivity contribution in [2.45, 2.75) is 50.2 Å². The second-order valence-electron chi connectivity index (χ2n) is 7.31. The van der Waals surface area contributed by atoms with Crippen LogP contribution in [0.2, 0.25) is 0 Å². The van der Waals surface area contributed by atoms with E-state index >= 15 is 0 Å². The summed E-state index contributed by atoms with van der Waals surface area (Å²) in [5.41, 5.74) is 2.91. The summed E-state index contributed by atoms with van der Waals surface area (Å²) in [7, 11) is -3.45. The van der Waals surface area contributed by atoms with Crippen molar-refractivity contribution in [3.63, 3.8) is 0 Å². The number of nitrogens with zero attached hydrogens (tertiary/aromatic N) is 1. The van der Waals surface area contributed by atoms with Crippen molar-refractivity contribution in [3.05, 3.63) is 34.9 Å². The van der Waals surface area contributed by atoms with E-state index in [1.807, 2.05) is 18.2 Å². The Morgan fingerprint density at radius 3 is 2.20 bits per heavy atom. The maximum Gasteiger partial charge on any atom is 0.244 e. The molecule has 136 valence electrons. The fourth-order valence-corrected chi connectivity index (χ4v) is 5.60. The predicted molar refractivity (Wildman–Crippen MR) is 96.5 cm³/mol. The van der Waals surface area contributed by atoms with Crippen LogP contribution in [0.4, 0.5) is 0 Å². The first-order valence-corrected chi connectivity index (χ1v) is 10.8. The van der Waals surface area contributed by atoms with Crippen molar-refractivity contribution in [2.24, 2.45) is 0 Å². The average Bonchev–Trinajstić information content (AvgIpc) is 2.96. The molecule has 0 N–H and O–H groups in total. The van der Waals surface area contributed by atoms with Crippen molar-refractivity contribution in [2.75, 3.05) is 19.3 Å². The molecular formula is C19H25NO4S. The van der Waals surface area contributed by atoms with E-state index in [4.69, 9.17) is 0 Å². The third-order valence-electron chi connectivity index (χ3n) is 5.71. The zero-order valence-corrected chi connectivity index (χ0v) is 15.7. The molecule has 0 unspecified atom stereocenters. The first-order valence-electron chi connectivity index (χ1n) is 8.86. The first-order chi connectivity index (χ1) is 11.7. The van der Waals surface area contributed by atoms with Crippen molar-refractivity contribution in [1.29, 1.82) is 0 Å². The van der Waals surface area contributed by atoms with E-state index in [1.54, 1.807) is 11.8 Å². The number of Topliss-reactive ketones (excluding diaryl/α,β-unsaturated/α-hetero) is 1. The number of hydrogen-bond acceptors (Lipinski definition) is 4. The van der Waals surface area contributed by atoms with E-state index in [2.05, 4.69) is 0 Å². The minimum atomic E-state index is -3.45. The fraction of sp³-hybridized carbons (Fsp3) is 0.579. The predicted octanol–water partition coefficient (Wildman–Crippen LogP) is 2.17. The standard InChI is InChI=1S/C19H25NO4S/c1-14(21)16-6-5-15-7-11-20(12-8-17(15)13-16)18(22)19(25(2,23)24)9-3-4-10-19/h5-6,13H,3-4,7-12H2,1-2H3. The Labute approximate surface area is 149 Å². The van der Waals surface area contributed by atoms with Gasteiger partial charge in [0.2, 0.25) is 5.91 Å².